The maximum Gasteiger partial charge on any atom is 0.0546 e. The summed E-state index contributed by atoms with van der Waals surface area (Å²) in [5, 5.41) is 5.11. The maximum atomic E-state index is 2.68. The smallest absolute Gasteiger partial charge is 0.0546 e. The molecule has 0 spiro atoms. The molecule has 7 aromatic rings. The van der Waals surface area contributed by atoms with Crippen molar-refractivity contribution in [1.29, 1.82) is 0 Å². The Bertz CT molecular complexity index is 2500. The van der Waals surface area contributed by atoms with Crippen molar-refractivity contribution in [2.75, 3.05) is 4.90 Å². The zero-order valence-electron chi connectivity index (χ0n) is 32.0. The molecule has 0 heterocycles. The van der Waals surface area contributed by atoms with E-state index in [1.807, 2.05) is 0 Å². The summed E-state index contributed by atoms with van der Waals surface area (Å²) < 4.78 is 0. The van der Waals surface area contributed by atoms with Crippen LogP contribution in [0.3, 0.4) is 0 Å². The minimum atomic E-state index is -0.0908. The highest BCUT2D eigenvalue weighted by Crippen LogP contribution is 2.53. The first-order valence-corrected chi connectivity index (χ1v) is 20.7. The van der Waals surface area contributed by atoms with E-state index in [-0.39, 0.29) is 5.41 Å². The third kappa shape index (κ3) is 5.67. The van der Waals surface area contributed by atoms with E-state index in [4.69, 9.17) is 0 Å². The van der Waals surface area contributed by atoms with Crippen LogP contribution in [0.4, 0.5) is 17.1 Å². The molecule has 2 fully saturated rings. The zero-order chi connectivity index (χ0) is 36.2. The van der Waals surface area contributed by atoms with Gasteiger partial charge in [-0.3, -0.25) is 0 Å². The molecule has 54 heavy (non-hydrogen) atoms. The van der Waals surface area contributed by atoms with Crippen LogP contribution in [0.1, 0.15) is 112 Å². The van der Waals surface area contributed by atoms with Gasteiger partial charge in [0.05, 0.1) is 5.69 Å². The Balaban J connectivity index is 1.26. The second-order valence-electron chi connectivity index (χ2n) is 17.0. The first kappa shape index (κ1) is 33.4. The van der Waals surface area contributed by atoms with Gasteiger partial charge in [0.15, 0.2) is 0 Å². The van der Waals surface area contributed by atoms with Crippen molar-refractivity contribution in [3.63, 3.8) is 0 Å². The fraction of sp³-hybridized carbons (Fsp3) is 0.283. The second kappa shape index (κ2) is 13.6. The molecule has 0 radical (unpaired) electrons. The van der Waals surface area contributed by atoms with Gasteiger partial charge in [-0.15, -0.1) is 0 Å². The van der Waals surface area contributed by atoms with Crippen LogP contribution in [0.15, 0.2) is 140 Å². The molecule has 0 aliphatic heterocycles. The Morgan fingerprint density at radius 3 is 1.87 bits per heavy atom. The molecule has 3 aliphatic rings. The lowest BCUT2D eigenvalue weighted by molar-refractivity contribution is 0.436. The van der Waals surface area contributed by atoms with Crippen molar-refractivity contribution in [2.45, 2.75) is 95.3 Å². The number of fused-ring (bicyclic) bond motifs is 5. The molecule has 0 N–H and O–H groups in total. The lowest BCUT2D eigenvalue weighted by Gasteiger charge is -2.35. The van der Waals surface area contributed by atoms with Gasteiger partial charge in [-0.05, 0) is 128 Å². The van der Waals surface area contributed by atoms with Crippen LogP contribution in [-0.4, -0.2) is 0 Å². The minimum Gasteiger partial charge on any atom is -0.310 e. The fourth-order valence-corrected chi connectivity index (χ4v) is 10.5. The van der Waals surface area contributed by atoms with Gasteiger partial charge in [0.1, 0.15) is 0 Å². The van der Waals surface area contributed by atoms with Gasteiger partial charge in [-0.1, -0.05) is 162 Å². The number of nitrogens with zero attached hydrogens (tertiary/aromatic N) is 1. The molecule has 7 aromatic carbocycles. The number of rotatable bonds is 6. The first-order valence-electron chi connectivity index (χ1n) is 20.7. The van der Waals surface area contributed by atoms with Crippen LogP contribution < -0.4 is 4.90 Å². The Morgan fingerprint density at radius 1 is 0.444 bits per heavy atom. The van der Waals surface area contributed by atoms with Gasteiger partial charge in [0, 0.05) is 22.4 Å². The molecule has 0 saturated heterocycles. The third-order valence-electron chi connectivity index (χ3n) is 13.4. The van der Waals surface area contributed by atoms with Crippen LogP contribution in [0.2, 0.25) is 0 Å². The van der Waals surface area contributed by atoms with E-state index in [0.717, 1.165) is 0 Å². The van der Waals surface area contributed by atoms with Crippen LogP contribution in [-0.2, 0) is 5.41 Å². The average Bonchev–Trinajstić information content (AvgIpc) is 3.46. The molecule has 0 aromatic heterocycles. The summed E-state index contributed by atoms with van der Waals surface area (Å²) in [6.45, 7) is 4.82. The van der Waals surface area contributed by atoms with Crippen LogP contribution in [0.25, 0.3) is 43.8 Å². The van der Waals surface area contributed by atoms with Gasteiger partial charge < -0.3 is 4.90 Å². The molecule has 2 saturated carbocycles. The van der Waals surface area contributed by atoms with E-state index in [1.54, 1.807) is 11.1 Å². The zero-order valence-corrected chi connectivity index (χ0v) is 32.0. The maximum absolute atomic E-state index is 2.68. The van der Waals surface area contributed by atoms with E-state index < -0.39 is 0 Å². The molecule has 268 valence electrons. The molecule has 0 unspecified atom stereocenters. The van der Waals surface area contributed by atoms with Gasteiger partial charge >= 0.3 is 0 Å². The van der Waals surface area contributed by atoms with E-state index in [1.165, 1.54) is 136 Å². The highest BCUT2D eigenvalue weighted by Gasteiger charge is 2.36. The Hall–Kier alpha value is -5.14. The van der Waals surface area contributed by atoms with Crippen LogP contribution in [0.5, 0.6) is 0 Å². The Morgan fingerprint density at radius 2 is 1.07 bits per heavy atom. The van der Waals surface area contributed by atoms with Crippen LogP contribution >= 0.6 is 0 Å². The summed E-state index contributed by atoms with van der Waals surface area (Å²) in [6.07, 6.45) is 13.3. The standard InChI is InChI=1S/C53H51N/c1-53(2)49-27-14-13-25-45(49)46-30-29-42(35-50(46)53)54(51-31-28-41(36-16-5-3-6-17-36)32-47(51)38-18-7-4-8-19-38)52-34-40-22-10-9-21-39(40)33-48(52)44-26-15-23-37-20-11-12-24-43(37)44/h9-15,20-36,38H,3-8,16-19H2,1-2H3. The molecular weight excluding hydrogens is 651 g/mol. The van der Waals surface area contributed by atoms with E-state index in [0.29, 0.717) is 11.8 Å². The molecule has 0 amide bonds. The predicted octanol–water partition coefficient (Wildman–Crippen LogP) is 15.5. The Kier molecular flexibility index (Phi) is 8.43. The van der Waals surface area contributed by atoms with Crippen molar-refractivity contribution in [3.8, 4) is 22.3 Å². The number of anilines is 3. The number of benzene rings is 7. The van der Waals surface area contributed by atoms with Gasteiger partial charge in [0.2, 0.25) is 0 Å². The lowest BCUT2D eigenvalue weighted by atomic mass is 9.79. The largest absolute Gasteiger partial charge is 0.310 e. The normalized spacial score (nSPS) is 17.1. The van der Waals surface area contributed by atoms with Crippen molar-refractivity contribution < 1.29 is 0 Å². The Labute approximate surface area is 321 Å². The molecule has 0 bridgehead atoms. The molecular formula is C53H51N. The monoisotopic (exact) mass is 701 g/mol. The van der Waals surface area contributed by atoms with E-state index in [9.17, 15) is 0 Å². The van der Waals surface area contributed by atoms with Crippen molar-refractivity contribution in [3.05, 3.63) is 162 Å². The van der Waals surface area contributed by atoms with Crippen LogP contribution in [0, 0.1) is 0 Å². The molecule has 3 aliphatic carbocycles. The molecule has 0 atom stereocenters. The van der Waals surface area contributed by atoms with E-state index in [2.05, 4.69) is 158 Å². The second-order valence-corrected chi connectivity index (χ2v) is 17.0. The summed E-state index contributed by atoms with van der Waals surface area (Å²) in [5.41, 5.74) is 15.0. The minimum absolute atomic E-state index is 0.0908. The first-order chi connectivity index (χ1) is 26.5. The van der Waals surface area contributed by atoms with Crippen molar-refractivity contribution in [2.24, 2.45) is 0 Å². The fourth-order valence-electron chi connectivity index (χ4n) is 10.5. The van der Waals surface area contributed by atoms with Crippen molar-refractivity contribution in [1.82, 2.24) is 0 Å². The lowest BCUT2D eigenvalue weighted by Crippen LogP contribution is -2.19. The van der Waals surface area contributed by atoms with Gasteiger partial charge in [-0.25, -0.2) is 0 Å². The number of hydrogen-bond donors (Lipinski definition) is 0. The highest BCUT2D eigenvalue weighted by atomic mass is 15.1. The summed E-state index contributed by atoms with van der Waals surface area (Å²) in [4.78, 5) is 2.68. The topological polar surface area (TPSA) is 3.24 Å². The van der Waals surface area contributed by atoms with E-state index >= 15 is 0 Å². The molecule has 10 rings (SSSR count). The van der Waals surface area contributed by atoms with Crippen molar-refractivity contribution >= 4 is 38.6 Å². The predicted molar refractivity (Wildman–Crippen MR) is 231 cm³/mol. The highest BCUT2D eigenvalue weighted by molar-refractivity contribution is 6.05. The summed E-state index contributed by atoms with van der Waals surface area (Å²) in [5.74, 6) is 1.24. The molecule has 1 nitrogen and oxygen atoms in total. The SMILES string of the molecule is CC1(C)c2ccccc2-c2ccc(N(c3cc4ccccc4cc3-c3cccc4ccccc34)c3ccc(C4CCCCC4)cc3C3CCCCC3)cc21. The molecule has 1 heteroatoms. The summed E-state index contributed by atoms with van der Waals surface area (Å²) >= 11 is 0. The van der Waals surface area contributed by atoms with Gasteiger partial charge in [0.25, 0.3) is 0 Å². The number of hydrogen-bond acceptors (Lipinski definition) is 1. The summed E-state index contributed by atoms with van der Waals surface area (Å²) in [7, 11) is 0. The average molecular weight is 702 g/mol. The summed E-state index contributed by atoms with van der Waals surface area (Å²) in [6, 6.07) is 53.8. The quantitative estimate of drug-likeness (QED) is 0.167. The van der Waals surface area contributed by atoms with Gasteiger partial charge in [-0.2, -0.15) is 0 Å². The third-order valence-corrected chi connectivity index (χ3v) is 13.4.